The van der Waals surface area contributed by atoms with Gasteiger partial charge in [0.1, 0.15) is 6.33 Å². The molecule has 2 fully saturated rings. The molecule has 2 aliphatic rings. The van der Waals surface area contributed by atoms with Crippen LogP contribution in [0.4, 0.5) is 0 Å². The number of hydrogen-bond donors (Lipinski definition) is 0. The van der Waals surface area contributed by atoms with Crippen molar-refractivity contribution in [3.63, 3.8) is 0 Å². The fourth-order valence-electron chi connectivity index (χ4n) is 3.58. The molecule has 3 atom stereocenters. The van der Waals surface area contributed by atoms with Gasteiger partial charge in [-0.3, -0.25) is 4.90 Å². The second kappa shape index (κ2) is 6.61. The minimum absolute atomic E-state index is 0.385. The lowest BCUT2D eigenvalue weighted by molar-refractivity contribution is -0.0608. The Kier molecular flexibility index (Phi) is 4.60. The number of ether oxygens (including phenoxy) is 2. The Morgan fingerprint density at radius 1 is 1.35 bits per heavy atom. The third kappa shape index (κ3) is 3.00. The first-order valence-corrected chi connectivity index (χ1v) is 7.47. The van der Waals surface area contributed by atoms with Gasteiger partial charge in [0, 0.05) is 50.1 Å². The molecule has 0 aromatic carbocycles. The largest absolute Gasteiger partial charge is 0.381 e. The van der Waals surface area contributed by atoms with Crippen molar-refractivity contribution in [2.75, 3.05) is 26.9 Å². The number of methoxy groups -OCH3 is 1. The highest BCUT2D eigenvalue weighted by Gasteiger charge is 2.38. The van der Waals surface area contributed by atoms with E-state index >= 15 is 0 Å². The van der Waals surface area contributed by atoms with Gasteiger partial charge < -0.3 is 9.47 Å². The molecule has 0 unspecified atom stereocenters. The summed E-state index contributed by atoms with van der Waals surface area (Å²) in [5, 5.41) is 0. The minimum atomic E-state index is 0.385. The fraction of sp³-hybridized carbons (Fsp3) is 0.733. The molecule has 1 aliphatic carbocycles. The van der Waals surface area contributed by atoms with Crippen LogP contribution < -0.4 is 0 Å². The van der Waals surface area contributed by atoms with Crippen molar-refractivity contribution in [1.82, 2.24) is 14.9 Å². The van der Waals surface area contributed by atoms with Crippen molar-refractivity contribution in [2.24, 2.45) is 5.92 Å². The Hall–Kier alpha value is -1.04. The summed E-state index contributed by atoms with van der Waals surface area (Å²) >= 11 is 0. The smallest absolute Gasteiger partial charge is 0.115 e. The molecule has 5 nitrogen and oxygen atoms in total. The number of aromatic nitrogens is 2. The van der Waals surface area contributed by atoms with E-state index in [-0.39, 0.29) is 0 Å². The molecule has 1 aromatic heterocycles. The first-order valence-electron chi connectivity index (χ1n) is 7.47. The average Bonchev–Trinajstić information content (AvgIpc) is 2.97. The van der Waals surface area contributed by atoms with Crippen LogP contribution in [0.3, 0.4) is 0 Å². The van der Waals surface area contributed by atoms with Gasteiger partial charge in [-0.2, -0.15) is 0 Å². The normalized spacial score (nSPS) is 31.6. The number of rotatable bonds is 4. The summed E-state index contributed by atoms with van der Waals surface area (Å²) in [6.07, 6.45) is 9.47. The molecule has 1 saturated carbocycles. The van der Waals surface area contributed by atoms with Crippen LogP contribution in [-0.2, 0) is 16.0 Å². The van der Waals surface area contributed by atoms with E-state index < -0.39 is 0 Å². The van der Waals surface area contributed by atoms with E-state index in [2.05, 4.69) is 14.9 Å². The molecule has 110 valence electrons. The summed E-state index contributed by atoms with van der Waals surface area (Å²) in [4.78, 5) is 10.7. The topological polar surface area (TPSA) is 47.5 Å². The first kappa shape index (κ1) is 13.9. The van der Waals surface area contributed by atoms with Crippen LogP contribution >= 0.6 is 0 Å². The standard InChI is InChI=1S/C15H23N3O2/c1-19-15-4-2-3-13(15)14-10-20-6-5-18(14)9-12-7-16-11-17-8-12/h7-8,11,13-15H,2-6,9-10H2,1H3/t13-,14+,15+/m0/s1. The summed E-state index contributed by atoms with van der Waals surface area (Å²) in [6, 6.07) is 0.455. The predicted octanol–water partition coefficient (Wildman–Crippen LogP) is 1.49. The van der Waals surface area contributed by atoms with Gasteiger partial charge in [-0.05, 0) is 12.8 Å². The van der Waals surface area contributed by atoms with Gasteiger partial charge in [0.15, 0.2) is 0 Å². The maximum Gasteiger partial charge on any atom is 0.115 e. The number of hydrogen-bond acceptors (Lipinski definition) is 5. The lowest BCUT2D eigenvalue weighted by Crippen LogP contribution is -2.50. The SMILES string of the molecule is CO[C@@H]1CCC[C@H]1[C@H]1COCCN1Cc1cncnc1. The Morgan fingerprint density at radius 2 is 2.20 bits per heavy atom. The van der Waals surface area contributed by atoms with Crippen molar-refractivity contribution >= 4 is 0 Å². The van der Waals surface area contributed by atoms with Gasteiger partial charge in [0.2, 0.25) is 0 Å². The molecule has 0 spiro atoms. The maximum atomic E-state index is 5.73. The Morgan fingerprint density at radius 3 is 3.00 bits per heavy atom. The molecule has 2 heterocycles. The van der Waals surface area contributed by atoms with Crippen LogP contribution in [-0.4, -0.2) is 53.9 Å². The Balaban J connectivity index is 1.70. The highest BCUT2D eigenvalue weighted by atomic mass is 16.5. The molecule has 0 bridgehead atoms. The van der Waals surface area contributed by atoms with E-state index in [9.17, 15) is 0 Å². The van der Waals surface area contributed by atoms with E-state index in [0.29, 0.717) is 18.1 Å². The zero-order valence-electron chi connectivity index (χ0n) is 12.1. The summed E-state index contributed by atoms with van der Waals surface area (Å²) in [7, 11) is 1.84. The molecule has 0 N–H and O–H groups in total. The molecular weight excluding hydrogens is 254 g/mol. The molecule has 1 aliphatic heterocycles. The summed E-state index contributed by atoms with van der Waals surface area (Å²) in [6.45, 7) is 3.51. The molecule has 0 amide bonds. The van der Waals surface area contributed by atoms with Gasteiger partial charge in [-0.15, -0.1) is 0 Å². The highest BCUT2D eigenvalue weighted by molar-refractivity contribution is 5.03. The van der Waals surface area contributed by atoms with Gasteiger partial charge in [-0.1, -0.05) is 6.42 Å². The average molecular weight is 277 g/mol. The molecular formula is C15H23N3O2. The van der Waals surface area contributed by atoms with Crippen molar-refractivity contribution in [3.8, 4) is 0 Å². The number of morpholine rings is 1. The van der Waals surface area contributed by atoms with Crippen LogP contribution in [0, 0.1) is 5.92 Å². The second-order valence-corrected chi connectivity index (χ2v) is 5.73. The van der Waals surface area contributed by atoms with Crippen LogP contribution in [0.1, 0.15) is 24.8 Å². The predicted molar refractivity (Wildman–Crippen MR) is 75.2 cm³/mol. The zero-order valence-corrected chi connectivity index (χ0v) is 12.1. The van der Waals surface area contributed by atoms with Crippen LogP contribution in [0.15, 0.2) is 18.7 Å². The van der Waals surface area contributed by atoms with Crippen molar-refractivity contribution in [1.29, 1.82) is 0 Å². The second-order valence-electron chi connectivity index (χ2n) is 5.73. The molecule has 0 radical (unpaired) electrons. The first-order chi connectivity index (χ1) is 9.88. The van der Waals surface area contributed by atoms with Crippen molar-refractivity contribution in [2.45, 2.75) is 38.0 Å². The number of nitrogens with zero attached hydrogens (tertiary/aromatic N) is 3. The highest BCUT2D eigenvalue weighted by Crippen LogP contribution is 2.34. The van der Waals surface area contributed by atoms with E-state index in [1.54, 1.807) is 6.33 Å². The quantitative estimate of drug-likeness (QED) is 0.834. The minimum Gasteiger partial charge on any atom is -0.381 e. The van der Waals surface area contributed by atoms with E-state index in [1.165, 1.54) is 24.8 Å². The summed E-state index contributed by atoms with van der Waals surface area (Å²) < 4.78 is 11.4. The van der Waals surface area contributed by atoms with Gasteiger partial charge >= 0.3 is 0 Å². The monoisotopic (exact) mass is 277 g/mol. The van der Waals surface area contributed by atoms with Crippen LogP contribution in [0.5, 0.6) is 0 Å². The van der Waals surface area contributed by atoms with Crippen LogP contribution in [0.2, 0.25) is 0 Å². The Bertz CT molecular complexity index is 415. The van der Waals surface area contributed by atoms with E-state index in [0.717, 1.165) is 26.3 Å². The van der Waals surface area contributed by atoms with Gasteiger partial charge in [0.25, 0.3) is 0 Å². The maximum absolute atomic E-state index is 5.73. The third-order valence-corrected chi connectivity index (χ3v) is 4.58. The molecule has 1 saturated heterocycles. The van der Waals surface area contributed by atoms with E-state index in [1.807, 2.05) is 19.5 Å². The molecule has 1 aromatic rings. The summed E-state index contributed by atoms with van der Waals surface area (Å²) in [5.74, 6) is 0.588. The van der Waals surface area contributed by atoms with Gasteiger partial charge in [-0.25, -0.2) is 9.97 Å². The summed E-state index contributed by atoms with van der Waals surface area (Å²) in [5.41, 5.74) is 1.17. The molecule has 5 heteroatoms. The fourth-order valence-corrected chi connectivity index (χ4v) is 3.58. The third-order valence-electron chi connectivity index (χ3n) is 4.58. The van der Waals surface area contributed by atoms with Crippen molar-refractivity contribution in [3.05, 3.63) is 24.3 Å². The molecule has 3 rings (SSSR count). The van der Waals surface area contributed by atoms with E-state index in [4.69, 9.17) is 9.47 Å². The lowest BCUT2D eigenvalue weighted by atomic mass is 9.94. The van der Waals surface area contributed by atoms with Gasteiger partial charge in [0.05, 0.1) is 19.3 Å². The Labute approximate surface area is 120 Å². The zero-order chi connectivity index (χ0) is 13.8. The lowest BCUT2D eigenvalue weighted by Gasteiger charge is -2.40. The van der Waals surface area contributed by atoms with Crippen LogP contribution in [0.25, 0.3) is 0 Å². The molecule has 20 heavy (non-hydrogen) atoms. The van der Waals surface area contributed by atoms with Crippen molar-refractivity contribution < 1.29 is 9.47 Å².